The molecule has 1 atom stereocenters. The predicted octanol–water partition coefficient (Wildman–Crippen LogP) is 3.32. The molecule has 1 N–H and O–H groups in total. The van der Waals surface area contributed by atoms with Crippen LogP contribution in [0.2, 0.25) is 5.02 Å². The van der Waals surface area contributed by atoms with Crippen molar-refractivity contribution >= 4 is 17.6 Å². The van der Waals surface area contributed by atoms with Crippen molar-refractivity contribution in [2.75, 3.05) is 6.61 Å². The number of hydrogen-bond donors (Lipinski definition) is 1. The van der Waals surface area contributed by atoms with Gasteiger partial charge in [0.2, 0.25) is 0 Å². The van der Waals surface area contributed by atoms with E-state index in [0.717, 1.165) is 5.56 Å². The van der Waals surface area contributed by atoms with Gasteiger partial charge in [-0.3, -0.25) is 4.79 Å². The molecule has 0 fully saturated rings. The number of halogens is 1. The number of carbonyl (C=O) groups is 1. The van der Waals surface area contributed by atoms with E-state index in [0.29, 0.717) is 5.02 Å². The molecule has 0 spiro atoms. The first-order chi connectivity index (χ1) is 8.68. The standard InChI is InChI=1S/C15H21ClO3/c1-14(2,3)19-13(18)9-15(4,10-17)11-7-5-6-8-12(11)16/h5-8,17H,9-10H2,1-4H3/t15-/m0/s1. The lowest BCUT2D eigenvalue weighted by molar-refractivity contribution is -0.156. The highest BCUT2D eigenvalue weighted by molar-refractivity contribution is 6.31. The molecular weight excluding hydrogens is 264 g/mol. The first-order valence-corrected chi connectivity index (χ1v) is 6.63. The summed E-state index contributed by atoms with van der Waals surface area (Å²) in [6.07, 6.45) is 0.0878. The maximum absolute atomic E-state index is 11.9. The molecule has 0 bridgehead atoms. The molecule has 1 aromatic rings. The third-order valence-electron chi connectivity index (χ3n) is 2.83. The Kier molecular flexibility index (Phi) is 4.99. The maximum atomic E-state index is 11.9. The van der Waals surface area contributed by atoms with E-state index in [1.54, 1.807) is 13.0 Å². The summed E-state index contributed by atoms with van der Waals surface area (Å²) in [4.78, 5) is 11.9. The second-order valence-corrected chi connectivity index (χ2v) is 6.37. The number of rotatable bonds is 4. The quantitative estimate of drug-likeness (QED) is 0.863. The van der Waals surface area contributed by atoms with Crippen molar-refractivity contribution in [1.29, 1.82) is 0 Å². The van der Waals surface area contributed by atoms with Crippen molar-refractivity contribution in [2.45, 2.75) is 45.1 Å². The van der Waals surface area contributed by atoms with Crippen LogP contribution in [0.15, 0.2) is 24.3 Å². The Morgan fingerprint density at radius 2 is 1.84 bits per heavy atom. The molecule has 0 radical (unpaired) electrons. The zero-order valence-corrected chi connectivity index (χ0v) is 12.6. The van der Waals surface area contributed by atoms with Crippen molar-refractivity contribution in [1.82, 2.24) is 0 Å². The highest BCUT2D eigenvalue weighted by atomic mass is 35.5. The average Bonchev–Trinajstić information content (AvgIpc) is 2.26. The Morgan fingerprint density at radius 3 is 2.32 bits per heavy atom. The van der Waals surface area contributed by atoms with Crippen molar-refractivity contribution < 1.29 is 14.6 Å². The fraction of sp³-hybridized carbons (Fsp3) is 0.533. The molecule has 0 aliphatic carbocycles. The van der Waals surface area contributed by atoms with Gasteiger partial charge in [0.05, 0.1) is 13.0 Å². The van der Waals surface area contributed by atoms with Crippen LogP contribution in [0.4, 0.5) is 0 Å². The summed E-state index contributed by atoms with van der Waals surface area (Å²) in [6, 6.07) is 7.23. The van der Waals surface area contributed by atoms with E-state index in [1.807, 2.05) is 39.0 Å². The minimum Gasteiger partial charge on any atom is -0.460 e. The van der Waals surface area contributed by atoms with Gasteiger partial charge < -0.3 is 9.84 Å². The van der Waals surface area contributed by atoms with Gasteiger partial charge in [0.1, 0.15) is 5.60 Å². The fourth-order valence-electron chi connectivity index (χ4n) is 1.88. The minimum atomic E-state index is -0.735. The second-order valence-electron chi connectivity index (χ2n) is 5.96. The van der Waals surface area contributed by atoms with Crippen LogP contribution in [-0.4, -0.2) is 23.3 Å². The number of esters is 1. The van der Waals surface area contributed by atoms with Crippen LogP contribution in [0.25, 0.3) is 0 Å². The number of ether oxygens (including phenoxy) is 1. The molecule has 1 aromatic carbocycles. The monoisotopic (exact) mass is 284 g/mol. The van der Waals surface area contributed by atoms with Crippen molar-refractivity contribution in [2.24, 2.45) is 0 Å². The number of aliphatic hydroxyl groups excluding tert-OH is 1. The zero-order chi connectivity index (χ0) is 14.7. The molecule has 3 nitrogen and oxygen atoms in total. The van der Waals surface area contributed by atoms with Gasteiger partial charge in [-0.2, -0.15) is 0 Å². The highest BCUT2D eigenvalue weighted by Gasteiger charge is 2.32. The second kappa shape index (κ2) is 5.93. The molecule has 0 saturated carbocycles. The summed E-state index contributed by atoms with van der Waals surface area (Å²) < 4.78 is 5.30. The Hall–Kier alpha value is -1.06. The van der Waals surface area contributed by atoms with Gasteiger partial charge >= 0.3 is 5.97 Å². The summed E-state index contributed by atoms with van der Waals surface area (Å²) >= 11 is 6.14. The number of carbonyl (C=O) groups excluding carboxylic acids is 1. The highest BCUT2D eigenvalue weighted by Crippen LogP contribution is 2.33. The third-order valence-corrected chi connectivity index (χ3v) is 3.16. The first kappa shape index (κ1) is 16.0. The Balaban J connectivity index is 2.94. The molecule has 0 aliphatic heterocycles. The summed E-state index contributed by atoms with van der Waals surface area (Å²) in [6.45, 7) is 7.08. The molecule has 4 heteroatoms. The van der Waals surface area contributed by atoms with Gasteiger partial charge in [-0.05, 0) is 32.4 Å². The molecule has 0 heterocycles. The molecule has 106 valence electrons. The largest absolute Gasteiger partial charge is 0.460 e. The summed E-state index contributed by atoms with van der Waals surface area (Å²) in [5, 5.41) is 10.2. The number of aliphatic hydroxyl groups is 1. The molecule has 19 heavy (non-hydrogen) atoms. The molecule has 1 rings (SSSR count). The van der Waals surface area contributed by atoms with Crippen molar-refractivity contribution in [3.05, 3.63) is 34.9 Å². The minimum absolute atomic E-state index is 0.0878. The average molecular weight is 285 g/mol. The van der Waals surface area contributed by atoms with E-state index >= 15 is 0 Å². The topological polar surface area (TPSA) is 46.5 Å². The van der Waals surface area contributed by atoms with Gasteiger partial charge in [0.25, 0.3) is 0 Å². The summed E-state index contributed by atoms with van der Waals surface area (Å²) in [5.41, 5.74) is -0.515. The van der Waals surface area contributed by atoms with E-state index in [9.17, 15) is 9.90 Å². The third kappa shape index (κ3) is 4.51. The zero-order valence-electron chi connectivity index (χ0n) is 11.9. The van der Waals surface area contributed by atoms with E-state index in [4.69, 9.17) is 16.3 Å². The van der Waals surface area contributed by atoms with Crippen LogP contribution in [0.3, 0.4) is 0 Å². The van der Waals surface area contributed by atoms with Gasteiger partial charge in [0.15, 0.2) is 0 Å². The van der Waals surface area contributed by atoms with Gasteiger partial charge in [-0.25, -0.2) is 0 Å². The van der Waals surface area contributed by atoms with Crippen LogP contribution >= 0.6 is 11.6 Å². The number of hydrogen-bond acceptors (Lipinski definition) is 3. The van der Waals surface area contributed by atoms with Gasteiger partial charge in [0, 0.05) is 10.4 Å². The lowest BCUT2D eigenvalue weighted by Gasteiger charge is -2.29. The van der Waals surface area contributed by atoms with Crippen molar-refractivity contribution in [3.63, 3.8) is 0 Å². The molecule has 0 amide bonds. The Labute approximate surface area is 119 Å². The summed E-state index contributed by atoms with van der Waals surface area (Å²) in [5.74, 6) is -0.344. The fourth-order valence-corrected chi connectivity index (χ4v) is 2.25. The van der Waals surface area contributed by atoms with E-state index < -0.39 is 11.0 Å². The normalized spacial score (nSPS) is 14.8. The van der Waals surface area contributed by atoms with E-state index in [2.05, 4.69) is 0 Å². The van der Waals surface area contributed by atoms with Crippen LogP contribution in [0.5, 0.6) is 0 Å². The lowest BCUT2D eigenvalue weighted by atomic mass is 9.80. The lowest BCUT2D eigenvalue weighted by Crippen LogP contribution is -2.34. The molecule has 0 aromatic heterocycles. The van der Waals surface area contributed by atoms with Crippen LogP contribution < -0.4 is 0 Å². The molecule has 0 saturated heterocycles. The molecule has 0 unspecified atom stereocenters. The number of benzene rings is 1. The van der Waals surface area contributed by atoms with Crippen molar-refractivity contribution in [3.8, 4) is 0 Å². The Bertz CT molecular complexity index is 451. The van der Waals surface area contributed by atoms with Gasteiger partial charge in [-0.1, -0.05) is 36.7 Å². The van der Waals surface area contributed by atoms with E-state index in [-0.39, 0.29) is 19.0 Å². The predicted molar refractivity (Wildman–Crippen MR) is 76.4 cm³/mol. The van der Waals surface area contributed by atoms with Gasteiger partial charge in [-0.15, -0.1) is 0 Å². The Morgan fingerprint density at radius 1 is 1.26 bits per heavy atom. The smallest absolute Gasteiger partial charge is 0.307 e. The summed E-state index contributed by atoms with van der Waals surface area (Å²) in [7, 11) is 0. The van der Waals surface area contributed by atoms with E-state index in [1.165, 1.54) is 0 Å². The maximum Gasteiger partial charge on any atom is 0.307 e. The van der Waals surface area contributed by atoms with Crippen LogP contribution in [0, 0.1) is 0 Å². The van der Waals surface area contributed by atoms with Crippen LogP contribution in [-0.2, 0) is 14.9 Å². The SMILES string of the molecule is CC(C)(C)OC(=O)C[C@@](C)(CO)c1ccccc1Cl. The first-order valence-electron chi connectivity index (χ1n) is 6.26. The molecule has 0 aliphatic rings. The molecular formula is C15H21ClO3. The van der Waals surface area contributed by atoms with Crippen LogP contribution in [0.1, 0.15) is 39.7 Å².